The normalized spacial score (nSPS) is 22.9. The summed E-state index contributed by atoms with van der Waals surface area (Å²) in [5, 5.41) is 3.01. The number of amides is 3. The van der Waals surface area contributed by atoms with Crippen LogP contribution in [0.25, 0.3) is 0 Å². The third-order valence-corrected chi connectivity index (χ3v) is 5.27. The third-order valence-electron chi connectivity index (χ3n) is 5.27. The Kier molecular flexibility index (Phi) is 6.13. The molecule has 2 aliphatic rings. The highest BCUT2D eigenvalue weighted by Crippen LogP contribution is 2.35. The first kappa shape index (κ1) is 20.5. The van der Waals surface area contributed by atoms with Gasteiger partial charge in [-0.3, -0.25) is 4.79 Å². The molecule has 1 aromatic carbocycles. The number of ether oxygens (including phenoxy) is 2. The van der Waals surface area contributed by atoms with Crippen molar-refractivity contribution < 1.29 is 19.1 Å². The molecule has 2 saturated heterocycles. The van der Waals surface area contributed by atoms with Crippen molar-refractivity contribution in [1.82, 2.24) is 15.1 Å². The molecule has 3 amide bonds. The third kappa shape index (κ3) is 4.76. The number of methoxy groups -OCH3 is 1. The van der Waals surface area contributed by atoms with Crippen LogP contribution in [0.2, 0.25) is 0 Å². The number of likely N-dealkylation sites (tertiary alicyclic amines) is 1. The van der Waals surface area contributed by atoms with E-state index in [1.807, 2.05) is 49.9 Å². The average Bonchev–Trinajstić information content (AvgIpc) is 3.12. The molecule has 7 nitrogen and oxygen atoms in total. The highest BCUT2D eigenvalue weighted by molar-refractivity contribution is 5.83. The van der Waals surface area contributed by atoms with Crippen LogP contribution in [0.5, 0.6) is 5.75 Å². The molecule has 0 aliphatic carbocycles. The molecule has 28 heavy (non-hydrogen) atoms. The zero-order chi connectivity index (χ0) is 20.3. The molecular weight excluding hydrogens is 358 g/mol. The van der Waals surface area contributed by atoms with Crippen LogP contribution in [0.1, 0.15) is 32.3 Å². The first-order chi connectivity index (χ1) is 13.3. The number of morpholine rings is 1. The van der Waals surface area contributed by atoms with Crippen LogP contribution in [-0.2, 0) is 9.53 Å². The summed E-state index contributed by atoms with van der Waals surface area (Å²) in [7, 11) is 1.63. The first-order valence-electron chi connectivity index (χ1n) is 9.86. The van der Waals surface area contributed by atoms with Gasteiger partial charge < -0.3 is 24.6 Å². The van der Waals surface area contributed by atoms with E-state index < -0.39 is 0 Å². The Hall–Kier alpha value is -2.28. The number of nitrogens with one attached hydrogen (secondary N) is 1. The minimum absolute atomic E-state index is 0.0352. The van der Waals surface area contributed by atoms with E-state index in [-0.39, 0.29) is 29.3 Å². The van der Waals surface area contributed by atoms with E-state index in [4.69, 9.17) is 9.47 Å². The summed E-state index contributed by atoms with van der Waals surface area (Å²) in [5.41, 5.74) is 0.734. The lowest BCUT2D eigenvalue weighted by atomic mass is 9.88. The van der Waals surface area contributed by atoms with Gasteiger partial charge in [0.1, 0.15) is 5.75 Å². The Morgan fingerprint density at radius 3 is 2.29 bits per heavy atom. The fraction of sp³-hybridized carbons (Fsp3) is 0.619. The van der Waals surface area contributed by atoms with Gasteiger partial charge in [-0.15, -0.1) is 0 Å². The van der Waals surface area contributed by atoms with Gasteiger partial charge in [-0.05, 0) is 38.5 Å². The van der Waals surface area contributed by atoms with E-state index >= 15 is 0 Å². The maximum absolute atomic E-state index is 13.2. The van der Waals surface area contributed by atoms with Crippen molar-refractivity contribution in [3.05, 3.63) is 29.8 Å². The maximum atomic E-state index is 13.2. The predicted octanol–water partition coefficient (Wildman–Crippen LogP) is 2.08. The van der Waals surface area contributed by atoms with E-state index in [9.17, 15) is 9.59 Å². The predicted molar refractivity (Wildman–Crippen MR) is 106 cm³/mol. The number of hydrogen-bond acceptors (Lipinski definition) is 4. The minimum atomic E-state index is -0.320. The Morgan fingerprint density at radius 2 is 1.71 bits per heavy atom. The standard InChI is InChI=1S/C21H31N3O4/c1-21(2,3)22-20(26)24-13-17(15-5-7-16(27-4)8-6-15)18(14-24)19(25)23-9-11-28-12-10-23/h5-8,17-18H,9-14H2,1-4H3,(H,22,26). The van der Waals surface area contributed by atoms with Crippen molar-refractivity contribution in [2.45, 2.75) is 32.2 Å². The lowest BCUT2D eigenvalue weighted by Gasteiger charge is -2.31. The first-order valence-corrected chi connectivity index (χ1v) is 9.86. The molecule has 2 fully saturated rings. The van der Waals surface area contributed by atoms with Crippen molar-refractivity contribution in [3.8, 4) is 5.75 Å². The maximum Gasteiger partial charge on any atom is 0.317 e. The monoisotopic (exact) mass is 389 g/mol. The number of rotatable bonds is 3. The Balaban J connectivity index is 1.81. The van der Waals surface area contributed by atoms with E-state index in [0.29, 0.717) is 39.4 Å². The number of benzene rings is 1. The van der Waals surface area contributed by atoms with Crippen LogP contribution in [0.15, 0.2) is 24.3 Å². The molecule has 0 aromatic heterocycles. The van der Waals surface area contributed by atoms with Crippen LogP contribution in [0.4, 0.5) is 4.79 Å². The lowest BCUT2D eigenvalue weighted by molar-refractivity contribution is -0.139. The summed E-state index contributed by atoms with van der Waals surface area (Å²) in [6.45, 7) is 9.18. The fourth-order valence-corrected chi connectivity index (χ4v) is 3.83. The molecule has 0 saturated carbocycles. The molecule has 1 N–H and O–H groups in total. The second-order valence-corrected chi connectivity index (χ2v) is 8.51. The van der Waals surface area contributed by atoms with Gasteiger partial charge in [0.15, 0.2) is 0 Å². The molecule has 2 unspecified atom stereocenters. The second kappa shape index (κ2) is 8.39. The van der Waals surface area contributed by atoms with Crippen LogP contribution >= 0.6 is 0 Å². The minimum Gasteiger partial charge on any atom is -0.497 e. The van der Waals surface area contributed by atoms with Gasteiger partial charge in [0.2, 0.25) is 5.91 Å². The van der Waals surface area contributed by atoms with Gasteiger partial charge in [-0.25, -0.2) is 4.79 Å². The molecule has 2 heterocycles. The number of urea groups is 1. The summed E-state index contributed by atoms with van der Waals surface area (Å²) >= 11 is 0. The number of hydrogen-bond donors (Lipinski definition) is 1. The molecule has 0 radical (unpaired) electrons. The molecule has 0 spiro atoms. The van der Waals surface area contributed by atoms with E-state index in [1.165, 1.54) is 0 Å². The lowest BCUT2D eigenvalue weighted by Crippen LogP contribution is -2.48. The van der Waals surface area contributed by atoms with Gasteiger partial charge in [0.05, 0.1) is 26.2 Å². The van der Waals surface area contributed by atoms with Gasteiger partial charge in [0, 0.05) is 37.6 Å². The summed E-state index contributed by atoms with van der Waals surface area (Å²) in [6.07, 6.45) is 0. The Morgan fingerprint density at radius 1 is 1.07 bits per heavy atom. The highest BCUT2D eigenvalue weighted by Gasteiger charge is 2.42. The van der Waals surface area contributed by atoms with Crippen molar-refractivity contribution in [2.75, 3.05) is 46.5 Å². The zero-order valence-electron chi connectivity index (χ0n) is 17.2. The van der Waals surface area contributed by atoms with E-state index in [2.05, 4.69) is 5.32 Å². The Labute approximate surface area is 167 Å². The SMILES string of the molecule is COc1ccc(C2CN(C(=O)NC(C)(C)C)CC2C(=O)N2CCOCC2)cc1. The number of carbonyl (C=O) groups excluding carboxylic acids is 2. The van der Waals surface area contributed by atoms with Crippen LogP contribution in [0, 0.1) is 5.92 Å². The molecule has 0 bridgehead atoms. The van der Waals surface area contributed by atoms with Crippen molar-refractivity contribution in [2.24, 2.45) is 5.92 Å². The van der Waals surface area contributed by atoms with Gasteiger partial charge >= 0.3 is 6.03 Å². The van der Waals surface area contributed by atoms with Crippen molar-refractivity contribution in [1.29, 1.82) is 0 Å². The average molecular weight is 389 g/mol. The van der Waals surface area contributed by atoms with E-state index in [0.717, 1.165) is 11.3 Å². The summed E-state index contributed by atoms with van der Waals surface area (Å²) in [4.78, 5) is 29.6. The molecular formula is C21H31N3O4. The summed E-state index contributed by atoms with van der Waals surface area (Å²) in [5.74, 6) is 0.597. The topological polar surface area (TPSA) is 71.1 Å². The molecule has 2 aliphatic heterocycles. The second-order valence-electron chi connectivity index (χ2n) is 8.51. The fourth-order valence-electron chi connectivity index (χ4n) is 3.83. The molecule has 7 heteroatoms. The number of carbonyl (C=O) groups is 2. The largest absolute Gasteiger partial charge is 0.497 e. The smallest absolute Gasteiger partial charge is 0.317 e. The van der Waals surface area contributed by atoms with Gasteiger partial charge in [-0.1, -0.05) is 12.1 Å². The van der Waals surface area contributed by atoms with Gasteiger partial charge in [0.25, 0.3) is 0 Å². The van der Waals surface area contributed by atoms with Crippen molar-refractivity contribution in [3.63, 3.8) is 0 Å². The molecule has 1 aromatic rings. The zero-order valence-corrected chi connectivity index (χ0v) is 17.2. The Bertz CT molecular complexity index is 693. The number of nitrogens with zero attached hydrogens (tertiary/aromatic N) is 2. The van der Waals surface area contributed by atoms with E-state index in [1.54, 1.807) is 12.0 Å². The van der Waals surface area contributed by atoms with Crippen LogP contribution in [-0.4, -0.2) is 73.8 Å². The van der Waals surface area contributed by atoms with Gasteiger partial charge in [-0.2, -0.15) is 0 Å². The van der Waals surface area contributed by atoms with Crippen LogP contribution < -0.4 is 10.1 Å². The molecule has 154 valence electrons. The van der Waals surface area contributed by atoms with Crippen molar-refractivity contribution >= 4 is 11.9 Å². The van der Waals surface area contributed by atoms with Crippen LogP contribution in [0.3, 0.4) is 0 Å². The summed E-state index contributed by atoms with van der Waals surface area (Å²) < 4.78 is 10.6. The summed E-state index contributed by atoms with van der Waals surface area (Å²) in [6, 6.07) is 7.68. The molecule has 3 rings (SSSR count). The highest BCUT2D eigenvalue weighted by atomic mass is 16.5. The molecule has 2 atom stereocenters. The quantitative estimate of drug-likeness (QED) is 0.859.